The third-order valence-electron chi connectivity index (χ3n) is 4.50. The van der Waals surface area contributed by atoms with Crippen LogP contribution in [0.4, 0.5) is 6.01 Å². The van der Waals surface area contributed by atoms with Crippen LogP contribution in [-0.2, 0) is 13.6 Å². The number of amides is 1. The van der Waals surface area contributed by atoms with Crippen molar-refractivity contribution in [3.63, 3.8) is 0 Å². The van der Waals surface area contributed by atoms with Gasteiger partial charge in [0.1, 0.15) is 5.65 Å². The Hall–Kier alpha value is -2.90. The second-order valence-corrected chi connectivity index (χ2v) is 6.23. The lowest BCUT2D eigenvalue weighted by Crippen LogP contribution is -2.29. The molecule has 0 radical (unpaired) electrons. The quantitative estimate of drug-likeness (QED) is 0.780. The fourth-order valence-corrected chi connectivity index (χ4v) is 3.14. The van der Waals surface area contributed by atoms with Crippen LogP contribution in [0.2, 0.25) is 0 Å². The zero-order valence-corrected chi connectivity index (χ0v) is 14.1. The molecule has 4 heterocycles. The van der Waals surface area contributed by atoms with E-state index in [9.17, 15) is 4.79 Å². The minimum Gasteiger partial charge on any atom is -0.406 e. The topological polar surface area (TPSA) is 89.1 Å². The van der Waals surface area contributed by atoms with Crippen LogP contribution < -0.4 is 10.2 Å². The summed E-state index contributed by atoms with van der Waals surface area (Å²) in [7, 11) is 1.90. The molecule has 1 aliphatic heterocycles. The average molecular weight is 340 g/mol. The van der Waals surface area contributed by atoms with Gasteiger partial charge in [-0.15, -0.1) is 5.10 Å². The number of piperidine rings is 1. The van der Waals surface area contributed by atoms with Crippen molar-refractivity contribution < 1.29 is 9.21 Å². The van der Waals surface area contributed by atoms with Crippen molar-refractivity contribution in [2.75, 3.05) is 18.0 Å². The fourth-order valence-electron chi connectivity index (χ4n) is 3.14. The molecule has 0 atom stereocenters. The summed E-state index contributed by atoms with van der Waals surface area (Å²) in [5, 5.41) is 11.8. The molecule has 0 unspecified atom stereocenters. The molecular weight excluding hydrogens is 320 g/mol. The Bertz CT molecular complexity index is 894. The van der Waals surface area contributed by atoms with Crippen LogP contribution in [-0.4, -0.2) is 38.7 Å². The number of hydrogen-bond acceptors (Lipinski definition) is 6. The van der Waals surface area contributed by atoms with Crippen molar-refractivity contribution in [3.8, 4) is 0 Å². The average Bonchev–Trinajstić information content (AvgIpc) is 3.28. The highest BCUT2D eigenvalue weighted by Gasteiger charge is 2.18. The normalized spacial score (nSPS) is 14.8. The summed E-state index contributed by atoms with van der Waals surface area (Å²) in [6.45, 7) is 2.09. The van der Waals surface area contributed by atoms with Crippen molar-refractivity contribution in [2.24, 2.45) is 7.05 Å². The molecule has 1 fully saturated rings. The van der Waals surface area contributed by atoms with Gasteiger partial charge < -0.3 is 19.2 Å². The van der Waals surface area contributed by atoms with Crippen LogP contribution in [0.15, 0.2) is 28.9 Å². The first-order valence-corrected chi connectivity index (χ1v) is 8.48. The van der Waals surface area contributed by atoms with E-state index in [1.807, 2.05) is 23.9 Å². The molecule has 0 saturated carbocycles. The van der Waals surface area contributed by atoms with Gasteiger partial charge in [0.05, 0.1) is 12.1 Å². The van der Waals surface area contributed by atoms with Gasteiger partial charge >= 0.3 is 6.01 Å². The third-order valence-corrected chi connectivity index (χ3v) is 4.50. The van der Waals surface area contributed by atoms with Gasteiger partial charge in [0.2, 0.25) is 5.89 Å². The minimum absolute atomic E-state index is 0.184. The maximum atomic E-state index is 12.5. The van der Waals surface area contributed by atoms with E-state index in [1.54, 1.807) is 12.3 Å². The number of aromatic nitrogens is 4. The number of aryl methyl sites for hydroxylation is 1. The van der Waals surface area contributed by atoms with Crippen molar-refractivity contribution in [3.05, 3.63) is 36.0 Å². The number of hydrogen-bond donors (Lipinski definition) is 1. The minimum atomic E-state index is -0.184. The van der Waals surface area contributed by atoms with E-state index in [4.69, 9.17) is 4.42 Å². The highest BCUT2D eigenvalue weighted by atomic mass is 16.4. The molecule has 1 aliphatic rings. The van der Waals surface area contributed by atoms with Crippen LogP contribution in [0, 0.1) is 0 Å². The maximum absolute atomic E-state index is 12.5. The lowest BCUT2D eigenvalue weighted by atomic mass is 10.1. The van der Waals surface area contributed by atoms with E-state index in [2.05, 4.69) is 25.4 Å². The Labute approximate surface area is 144 Å². The number of fused-ring (bicyclic) bond motifs is 1. The maximum Gasteiger partial charge on any atom is 0.318 e. The molecule has 8 nitrogen and oxygen atoms in total. The molecule has 1 amide bonds. The number of rotatable bonds is 4. The zero-order chi connectivity index (χ0) is 17.2. The van der Waals surface area contributed by atoms with E-state index in [1.165, 1.54) is 6.42 Å². The van der Waals surface area contributed by atoms with Crippen LogP contribution in [0.25, 0.3) is 11.0 Å². The first-order valence-electron chi connectivity index (χ1n) is 8.48. The van der Waals surface area contributed by atoms with Crippen molar-refractivity contribution >= 4 is 23.0 Å². The van der Waals surface area contributed by atoms with Crippen molar-refractivity contribution in [1.82, 2.24) is 25.1 Å². The zero-order valence-electron chi connectivity index (χ0n) is 14.1. The number of nitrogens with zero attached hydrogens (tertiary/aromatic N) is 5. The van der Waals surface area contributed by atoms with Gasteiger partial charge in [-0.25, -0.2) is 4.98 Å². The summed E-state index contributed by atoms with van der Waals surface area (Å²) in [6, 6.07) is 4.14. The lowest BCUT2D eigenvalue weighted by Gasteiger charge is -2.24. The third kappa shape index (κ3) is 3.07. The number of carbonyl (C=O) groups excluding carboxylic acids is 1. The molecule has 0 aromatic carbocycles. The summed E-state index contributed by atoms with van der Waals surface area (Å²) < 4.78 is 7.56. The predicted octanol–water partition coefficient (Wildman–Crippen LogP) is 1.88. The number of anilines is 1. The van der Waals surface area contributed by atoms with Crippen LogP contribution >= 0.6 is 0 Å². The molecule has 0 spiro atoms. The predicted molar refractivity (Wildman–Crippen MR) is 92.2 cm³/mol. The first-order chi connectivity index (χ1) is 12.2. The van der Waals surface area contributed by atoms with Crippen LogP contribution in [0.1, 0.15) is 35.5 Å². The Morgan fingerprint density at radius 2 is 2.08 bits per heavy atom. The number of carbonyl (C=O) groups is 1. The molecule has 4 rings (SSSR count). The van der Waals surface area contributed by atoms with Crippen molar-refractivity contribution in [1.29, 1.82) is 0 Å². The van der Waals surface area contributed by atoms with Gasteiger partial charge in [-0.1, -0.05) is 5.10 Å². The number of pyridine rings is 1. The van der Waals surface area contributed by atoms with Gasteiger partial charge in [-0.2, -0.15) is 0 Å². The molecule has 1 N–H and O–H groups in total. The summed E-state index contributed by atoms with van der Waals surface area (Å²) in [4.78, 5) is 18.9. The summed E-state index contributed by atoms with van der Waals surface area (Å²) >= 11 is 0. The molecular formula is C17H20N6O2. The second kappa shape index (κ2) is 6.54. The van der Waals surface area contributed by atoms with E-state index in [-0.39, 0.29) is 12.5 Å². The van der Waals surface area contributed by atoms with Crippen molar-refractivity contribution in [2.45, 2.75) is 25.8 Å². The summed E-state index contributed by atoms with van der Waals surface area (Å²) in [6.07, 6.45) is 7.05. The Balaban J connectivity index is 1.44. The van der Waals surface area contributed by atoms with E-state index >= 15 is 0 Å². The lowest BCUT2D eigenvalue weighted by molar-refractivity contribution is 0.0949. The van der Waals surface area contributed by atoms with Gasteiger partial charge in [-0.3, -0.25) is 4.79 Å². The molecule has 130 valence electrons. The Morgan fingerprint density at radius 3 is 2.92 bits per heavy atom. The first kappa shape index (κ1) is 15.6. The van der Waals surface area contributed by atoms with E-state index in [0.717, 1.165) is 37.0 Å². The van der Waals surface area contributed by atoms with Crippen LogP contribution in [0.3, 0.4) is 0 Å². The SMILES string of the molecule is Cn1ccc2c(C(=O)NCc3nnc(N4CCCCC4)o3)ccnc21. The highest BCUT2D eigenvalue weighted by Crippen LogP contribution is 2.19. The van der Waals surface area contributed by atoms with Gasteiger partial charge in [-0.05, 0) is 31.4 Å². The number of nitrogens with one attached hydrogen (secondary N) is 1. The molecule has 0 aliphatic carbocycles. The van der Waals surface area contributed by atoms with E-state index < -0.39 is 0 Å². The Kier molecular flexibility index (Phi) is 4.09. The van der Waals surface area contributed by atoms with E-state index in [0.29, 0.717) is 17.5 Å². The van der Waals surface area contributed by atoms with Crippen LogP contribution in [0.5, 0.6) is 0 Å². The molecule has 8 heteroatoms. The smallest absolute Gasteiger partial charge is 0.318 e. The second-order valence-electron chi connectivity index (χ2n) is 6.23. The van der Waals surface area contributed by atoms with Gasteiger partial charge in [0.25, 0.3) is 5.91 Å². The van der Waals surface area contributed by atoms with Gasteiger partial charge in [0, 0.05) is 37.9 Å². The largest absolute Gasteiger partial charge is 0.406 e. The monoisotopic (exact) mass is 340 g/mol. The Morgan fingerprint density at radius 1 is 1.24 bits per heavy atom. The highest BCUT2D eigenvalue weighted by molar-refractivity contribution is 6.05. The molecule has 3 aromatic heterocycles. The summed E-state index contributed by atoms with van der Waals surface area (Å²) in [5.74, 6) is 0.226. The molecule has 0 bridgehead atoms. The standard InChI is InChI=1S/C17H20N6O2/c1-22-10-6-12-13(5-7-18-15(12)22)16(24)19-11-14-20-21-17(25-14)23-8-3-2-4-9-23/h5-7,10H,2-4,8-9,11H2,1H3,(H,19,24). The summed E-state index contributed by atoms with van der Waals surface area (Å²) in [5.41, 5.74) is 1.36. The van der Waals surface area contributed by atoms with Gasteiger partial charge in [0.15, 0.2) is 0 Å². The molecule has 1 saturated heterocycles. The molecule has 3 aromatic rings. The fraction of sp³-hybridized carbons (Fsp3) is 0.412. The molecule has 25 heavy (non-hydrogen) atoms.